The van der Waals surface area contributed by atoms with Crippen LogP contribution in [0.15, 0.2) is 48.5 Å². The van der Waals surface area contributed by atoms with E-state index < -0.39 is 0 Å². The van der Waals surface area contributed by atoms with E-state index in [2.05, 4.69) is 55.1 Å². The molecule has 2 aromatic rings. The molecule has 0 radical (unpaired) electrons. The number of nitrogens with zero attached hydrogens (tertiary/aromatic N) is 1. The molecule has 0 aliphatic rings. The highest BCUT2D eigenvalue weighted by molar-refractivity contribution is 5.50. The summed E-state index contributed by atoms with van der Waals surface area (Å²) in [6.45, 7) is 6.14. The zero-order valence-corrected chi connectivity index (χ0v) is 11.1. The topological polar surface area (TPSA) is 29.3 Å². The molecule has 0 spiro atoms. The van der Waals surface area contributed by atoms with Crippen molar-refractivity contribution in [3.8, 4) is 0 Å². The first-order valence-electron chi connectivity index (χ1n) is 6.35. The van der Waals surface area contributed by atoms with Crippen molar-refractivity contribution in [3.05, 3.63) is 59.7 Å². The van der Waals surface area contributed by atoms with Crippen molar-refractivity contribution in [1.29, 1.82) is 0 Å². The molecule has 0 saturated heterocycles. The number of benzene rings is 2. The van der Waals surface area contributed by atoms with Crippen molar-refractivity contribution in [2.24, 2.45) is 0 Å². The minimum atomic E-state index is 0.863. The smallest absolute Gasteiger partial charge is 0.0429 e. The molecule has 2 heteroatoms. The third-order valence-corrected chi connectivity index (χ3v) is 3.21. The number of nitrogens with two attached hydrogens (primary N) is 1. The number of anilines is 2. The molecule has 2 N–H and O–H groups in total. The van der Waals surface area contributed by atoms with E-state index in [1.807, 2.05) is 12.1 Å². The molecular weight excluding hydrogens is 220 g/mol. The summed E-state index contributed by atoms with van der Waals surface area (Å²) in [6.07, 6.45) is 0. The van der Waals surface area contributed by atoms with Crippen molar-refractivity contribution < 1.29 is 0 Å². The van der Waals surface area contributed by atoms with E-state index in [4.69, 9.17) is 5.73 Å². The first-order valence-corrected chi connectivity index (χ1v) is 6.35. The SMILES string of the molecule is CCN(Cc1ccc(N)c(C)c1)c1ccccc1. The number of para-hydroxylation sites is 1. The fraction of sp³-hybridized carbons (Fsp3) is 0.250. The zero-order chi connectivity index (χ0) is 13.0. The lowest BCUT2D eigenvalue weighted by Gasteiger charge is -2.23. The molecule has 2 rings (SSSR count). The third-order valence-electron chi connectivity index (χ3n) is 3.21. The number of hydrogen-bond donors (Lipinski definition) is 1. The molecule has 0 aliphatic carbocycles. The highest BCUT2D eigenvalue weighted by atomic mass is 15.1. The molecule has 0 saturated carbocycles. The van der Waals surface area contributed by atoms with Gasteiger partial charge in [0.1, 0.15) is 0 Å². The van der Waals surface area contributed by atoms with E-state index in [1.54, 1.807) is 0 Å². The molecule has 0 fully saturated rings. The van der Waals surface area contributed by atoms with E-state index in [0.717, 1.165) is 24.3 Å². The maximum absolute atomic E-state index is 5.85. The van der Waals surface area contributed by atoms with Crippen LogP contribution in [0, 0.1) is 6.92 Å². The normalized spacial score (nSPS) is 10.3. The molecule has 0 aliphatic heterocycles. The van der Waals surface area contributed by atoms with Crippen LogP contribution in [-0.2, 0) is 6.54 Å². The second kappa shape index (κ2) is 5.58. The Balaban J connectivity index is 2.18. The van der Waals surface area contributed by atoms with Crippen LogP contribution in [0.5, 0.6) is 0 Å². The van der Waals surface area contributed by atoms with Gasteiger partial charge in [0.2, 0.25) is 0 Å². The van der Waals surface area contributed by atoms with Gasteiger partial charge in [0, 0.05) is 24.5 Å². The van der Waals surface area contributed by atoms with Gasteiger partial charge in [-0.05, 0) is 43.2 Å². The molecule has 0 bridgehead atoms. The minimum Gasteiger partial charge on any atom is -0.399 e. The van der Waals surface area contributed by atoms with Gasteiger partial charge in [0.15, 0.2) is 0 Å². The summed E-state index contributed by atoms with van der Waals surface area (Å²) in [7, 11) is 0. The average molecular weight is 240 g/mol. The number of aryl methyl sites for hydroxylation is 1. The predicted molar refractivity (Wildman–Crippen MR) is 78.8 cm³/mol. The van der Waals surface area contributed by atoms with Crippen molar-refractivity contribution >= 4 is 11.4 Å². The second-order valence-electron chi connectivity index (χ2n) is 4.54. The van der Waals surface area contributed by atoms with Crippen LogP contribution in [0.4, 0.5) is 11.4 Å². The van der Waals surface area contributed by atoms with Gasteiger partial charge in [0.25, 0.3) is 0 Å². The molecule has 0 amide bonds. The van der Waals surface area contributed by atoms with Crippen molar-refractivity contribution in [3.63, 3.8) is 0 Å². The van der Waals surface area contributed by atoms with E-state index in [-0.39, 0.29) is 0 Å². The molecule has 0 aromatic heterocycles. The molecule has 0 heterocycles. The Bertz CT molecular complexity index is 506. The lowest BCUT2D eigenvalue weighted by atomic mass is 10.1. The van der Waals surface area contributed by atoms with Gasteiger partial charge < -0.3 is 10.6 Å². The first-order chi connectivity index (χ1) is 8.70. The van der Waals surface area contributed by atoms with Crippen LogP contribution in [0.2, 0.25) is 0 Å². The maximum Gasteiger partial charge on any atom is 0.0429 e. The molecule has 0 unspecified atom stereocenters. The van der Waals surface area contributed by atoms with E-state index in [1.165, 1.54) is 11.3 Å². The lowest BCUT2D eigenvalue weighted by Crippen LogP contribution is -2.21. The fourth-order valence-corrected chi connectivity index (χ4v) is 2.08. The summed E-state index contributed by atoms with van der Waals surface area (Å²) in [6, 6.07) is 16.8. The van der Waals surface area contributed by atoms with Crippen molar-refractivity contribution in [2.45, 2.75) is 20.4 Å². The summed E-state index contributed by atoms with van der Waals surface area (Å²) >= 11 is 0. The Kier molecular flexibility index (Phi) is 3.88. The summed E-state index contributed by atoms with van der Waals surface area (Å²) in [5.74, 6) is 0. The minimum absolute atomic E-state index is 0.863. The van der Waals surface area contributed by atoms with Gasteiger partial charge in [-0.15, -0.1) is 0 Å². The third kappa shape index (κ3) is 2.83. The van der Waals surface area contributed by atoms with Gasteiger partial charge in [-0.25, -0.2) is 0 Å². The van der Waals surface area contributed by atoms with E-state index >= 15 is 0 Å². The van der Waals surface area contributed by atoms with Crippen LogP contribution in [0.1, 0.15) is 18.1 Å². The molecule has 0 atom stereocenters. The highest BCUT2D eigenvalue weighted by Crippen LogP contribution is 2.19. The second-order valence-corrected chi connectivity index (χ2v) is 4.54. The first kappa shape index (κ1) is 12.5. The largest absolute Gasteiger partial charge is 0.399 e. The van der Waals surface area contributed by atoms with Gasteiger partial charge in [-0.3, -0.25) is 0 Å². The van der Waals surface area contributed by atoms with Crippen LogP contribution in [-0.4, -0.2) is 6.54 Å². The number of rotatable bonds is 4. The van der Waals surface area contributed by atoms with Crippen LogP contribution in [0.3, 0.4) is 0 Å². The zero-order valence-electron chi connectivity index (χ0n) is 11.1. The molecule has 18 heavy (non-hydrogen) atoms. The van der Waals surface area contributed by atoms with Crippen molar-refractivity contribution in [1.82, 2.24) is 0 Å². The number of hydrogen-bond acceptors (Lipinski definition) is 2. The standard InChI is InChI=1S/C16H20N2/c1-3-18(15-7-5-4-6-8-15)12-14-9-10-16(17)13(2)11-14/h4-11H,3,12,17H2,1-2H3. The lowest BCUT2D eigenvalue weighted by molar-refractivity contribution is 0.831. The predicted octanol–water partition coefficient (Wildman–Crippen LogP) is 3.60. The molecular formula is C16H20N2. The summed E-state index contributed by atoms with van der Waals surface area (Å²) in [5, 5.41) is 0. The fourth-order valence-electron chi connectivity index (χ4n) is 2.08. The summed E-state index contributed by atoms with van der Waals surface area (Å²) < 4.78 is 0. The van der Waals surface area contributed by atoms with Gasteiger partial charge >= 0.3 is 0 Å². The van der Waals surface area contributed by atoms with Crippen LogP contribution in [0.25, 0.3) is 0 Å². The molecule has 94 valence electrons. The summed E-state index contributed by atoms with van der Waals surface area (Å²) in [5.41, 5.74) is 10.4. The monoisotopic (exact) mass is 240 g/mol. The van der Waals surface area contributed by atoms with Gasteiger partial charge in [-0.1, -0.05) is 30.3 Å². The van der Waals surface area contributed by atoms with Gasteiger partial charge in [-0.2, -0.15) is 0 Å². The highest BCUT2D eigenvalue weighted by Gasteiger charge is 2.05. The Morgan fingerprint density at radius 3 is 2.39 bits per heavy atom. The quantitative estimate of drug-likeness (QED) is 0.827. The van der Waals surface area contributed by atoms with E-state index in [0.29, 0.717) is 0 Å². The summed E-state index contributed by atoms with van der Waals surface area (Å²) in [4.78, 5) is 2.35. The Labute approximate surface area is 109 Å². The average Bonchev–Trinajstić information content (AvgIpc) is 2.41. The Morgan fingerprint density at radius 2 is 1.78 bits per heavy atom. The van der Waals surface area contributed by atoms with Crippen LogP contribution >= 0.6 is 0 Å². The number of nitrogen functional groups attached to an aromatic ring is 1. The Morgan fingerprint density at radius 1 is 1.06 bits per heavy atom. The Hall–Kier alpha value is -1.96. The molecule has 2 aromatic carbocycles. The maximum atomic E-state index is 5.85. The molecule has 2 nitrogen and oxygen atoms in total. The van der Waals surface area contributed by atoms with Crippen molar-refractivity contribution in [2.75, 3.05) is 17.2 Å². The van der Waals surface area contributed by atoms with Crippen LogP contribution < -0.4 is 10.6 Å². The van der Waals surface area contributed by atoms with E-state index in [9.17, 15) is 0 Å². The van der Waals surface area contributed by atoms with Gasteiger partial charge in [0.05, 0.1) is 0 Å².